The average Bonchev–Trinajstić information content (AvgIpc) is 3.04. The minimum absolute atomic E-state index is 0.0910. The molecule has 0 unspecified atom stereocenters. The number of benzene rings is 2. The first kappa shape index (κ1) is 19.5. The molecule has 0 spiro atoms. The van der Waals surface area contributed by atoms with Crippen molar-refractivity contribution >= 4 is 39.4 Å². The van der Waals surface area contributed by atoms with Crippen LogP contribution in [0.3, 0.4) is 0 Å². The van der Waals surface area contributed by atoms with Crippen LogP contribution in [0.2, 0.25) is 0 Å². The Morgan fingerprint density at radius 2 is 1.82 bits per heavy atom. The molecule has 0 bridgehead atoms. The Labute approximate surface area is 164 Å². The van der Waals surface area contributed by atoms with Crippen LogP contribution in [0, 0.1) is 0 Å². The van der Waals surface area contributed by atoms with Gasteiger partial charge in [-0.1, -0.05) is 29.5 Å². The highest BCUT2D eigenvalue weighted by Gasteiger charge is 2.15. The van der Waals surface area contributed by atoms with Crippen molar-refractivity contribution in [2.24, 2.45) is 4.99 Å². The predicted octanol–water partition coefficient (Wildman–Crippen LogP) is 2.79. The lowest BCUT2D eigenvalue weighted by atomic mass is 10.2. The van der Waals surface area contributed by atoms with Crippen LogP contribution in [0.5, 0.6) is 0 Å². The van der Waals surface area contributed by atoms with E-state index in [1.165, 1.54) is 18.4 Å². The Morgan fingerprint density at radius 3 is 2.50 bits per heavy atom. The Balaban J connectivity index is 2.13. The number of fused-ring (bicyclic) bond motifs is 1. The monoisotopic (exact) mass is 398 g/mol. The molecule has 2 aromatic carbocycles. The summed E-state index contributed by atoms with van der Waals surface area (Å²) in [6, 6.07) is 13.6. The zero-order chi connectivity index (χ0) is 20.1. The molecule has 1 amide bonds. The second-order valence-electron chi connectivity index (χ2n) is 5.73. The van der Waals surface area contributed by atoms with Crippen molar-refractivity contribution in [1.82, 2.24) is 4.57 Å². The summed E-state index contributed by atoms with van der Waals surface area (Å²) < 4.78 is 12.1. The Morgan fingerprint density at radius 1 is 1.07 bits per heavy atom. The van der Waals surface area contributed by atoms with Gasteiger partial charge in [0.1, 0.15) is 6.54 Å². The van der Waals surface area contributed by atoms with Gasteiger partial charge in [0.05, 0.1) is 29.5 Å². The van der Waals surface area contributed by atoms with Gasteiger partial charge >= 0.3 is 11.9 Å². The third-order valence-electron chi connectivity index (χ3n) is 3.91. The molecule has 0 aliphatic carbocycles. The van der Waals surface area contributed by atoms with Crippen molar-refractivity contribution in [3.05, 3.63) is 64.5 Å². The first-order valence-electron chi connectivity index (χ1n) is 8.55. The molecule has 28 heavy (non-hydrogen) atoms. The molecule has 1 heterocycles. The summed E-state index contributed by atoms with van der Waals surface area (Å²) in [4.78, 5) is 40.9. The molecular weight excluding hydrogens is 380 g/mol. The normalized spacial score (nSPS) is 11.4. The summed E-state index contributed by atoms with van der Waals surface area (Å²) in [7, 11) is 1.31. The van der Waals surface area contributed by atoms with Crippen LogP contribution in [-0.4, -0.2) is 36.1 Å². The smallest absolute Gasteiger partial charge is 0.337 e. The Hall–Kier alpha value is -3.26. The second kappa shape index (κ2) is 8.62. The number of esters is 2. The molecule has 8 heteroatoms. The molecule has 7 nitrogen and oxygen atoms in total. The summed E-state index contributed by atoms with van der Waals surface area (Å²) in [6.07, 6.45) is 0. The van der Waals surface area contributed by atoms with Crippen LogP contribution in [0.25, 0.3) is 10.2 Å². The van der Waals surface area contributed by atoms with Crippen LogP contribution in [-0.2, 0) is 20.8 Å². The topological polar surface area (TPSA) is 87.0 Å². The average molecular weight is 398 g/mol. The lowest BCUT2D eigenvalue weighted by molar-refractivity contribution is -0.143. The fraction of sp³-hybridized carbons (Fsp3) is 0.200. The van der Waals surface area contributed by atoms with E-state index in [1.54, 1.807) is 54.0 Å². The molecule has 0 radical (unpaired) electrons. The quantitative estimate of drug-likeness (QED) is 0.617. The maximum Gasteiger partial charge on any atom is 0.337 e. The van der Waals surface area contributed by atoms with Gasteiger partial charge in [0.15, 0.2) is 4.80 Å². The van der Waals surface area contributed by atoms with Crippen LogP contribution in [0.4, 0.5) is 0 Å². The van der Waals surface area contributed by atoms with Gasteiger partial charge in [-0.05, 0) is 37.3 Å². The number of carbonyl (C=O) groups excluding carboxylic acids is 3. The van der Waals surface area contributed by atoms with Crippen molar-refractivity contribution in [3.63, 3.8) is 0 Å². The van der Waals surface area contributed by atoms with Crippen molar-refractivity contribution in [3.8, 4) is 0 Å². The predicted molar refractivity (Wildman–Crippen MR) is 104 cm³/mol. The van der Waals surface area contributed by atoms with E-state index in [1.807, 2.05) is 6.07 Å². The van der Waals surface area contributed by atoms with Gasteiger partial charge in [0.2, 0.25) is 0 Å². The molecule has 0 aliphatic rings. The van der Waals surface area contributed by atoms with Crippen molar-refractivity contribution in [2.45, 2.75) is 13.5 Å². The maximum absolute atomic E-state index is 12.5. The summed E-state index contributed by atoms with van der Waals surface area (Å²) in [5.74, 6) is -1.32. The SMILES string of the molecule is CCOC(=O)Cn1c(=NC(=O)c2ccccc2)sc2cc(C(=O)OC)ccc21. The third kappa shape index (κ3) is 4.17. The second-order valence-corrected chi connectivity index (χ2v) is 6.74. The summed E-state index contributed by atoms with van der Waals surface area (Å²) >= 11 is 1.21. The van der Waals surface area contributed by atoms with Crippen molar-refractivity contribution < 1.29 is 23.9 Å². The maximum atomic E-state index is 12.5. The zero-order valence-electron chi connectivity index (χ0n) is 15.4. The lowest BCUT2D eigenvalue weighted by Gasteiger charge is -2.05. The lowest BCUT2D eigenvalue weighted by Crippen LogP contribution is -2.23. The summed E-state index contributed by atoms with van der Waals surface area (Å²) in [6.45, 7) is 1.89. The van der Waals surface area contributed by atoms with Crippen LogP contribution in [0.1, 0.15) is 27.6 Å². The molecule has 0 atom stereocenters. The largest absolute Gasteiger partial charge is 0.465 e. The fourth-order valence-corrected chi connectivity index (χ4v) is 3.69. The van der Waals surface area contributed by atoms with Crippen molar-refractivity contribution in [1.29, 1.82) is 0 Å². The standard InChI is InChI=1S/C20H18N2O5S/c1-3-27-17(23)12-22-15-10-9-14(19(25)26-2)11-16(15)28-20(22)21-18(24)13-7-5-4-6-8-13/h4-11H,3,12H2,1-2H3. The van der Waals surface area contributed by atoms with Gasteiger partial charge in [-0.2, -0.15) is 4.99 Å². The number of rotatable bonds is 5. The van der Waals surface area contributed by atoms with Crippen molar-refractivity contribution in [2.75, 3.05) is 13.7 Å². The molecule has 144 valence electrons. The number of aromatic nitrogens is 1. The van der Waals surface area contributed by atoms with Gasteiger partial charge in [-0.25, -0.2) is 4.79 Å². The van der Waals surface area contributed by atoms with E-state index in [0.717, 1.165) is 0 Å². The summed E-state index contributed by atoms with van der Waals surface area (Å²) in [5.41, 5.74) is 1.49. The number of methoxy groups -OCH3 is 1. The molecule has 3 rings (SSSR count). The van der Waals surface area contributed by atoms with E-state index in [2.05, 4.69) is 4.99 Å². The number of thiazole rings is 1. The molecule has 3 aromatic rings. The summed E-state index contributed by atoms with van der Waals surface area (Å²) in [5, 5.41) is 0. The number of hydrogen-bond acceptors (Lipinski definition) is 6. The van der Waals surface area contributed by atoms with E-state index in [0.29, 0.717) is 26.1 Å². The first-order valence-corrected chi connectivity index (χ1v) is 9.36. The zero-order valence-corrected chi connectivity index (χ0v) is 16.2. The highest BCUT2D eigenvalue weighted by molar-refractivity contribution is 7.16. The van der Waals surface area contributed by atoms with Gasteiger partial charge in [-0.3, -0.25) is 9.59 Å². The molecule has 1 aromatic heterocycles. The van der Waals surface area contributed by atoms with E-state index < -0.39 is 17.8 Å². The van der Waals surface area contributed by atoms with Gasteiger partial charge in [0, 0.05) is 5.56 Å². The minimum atomic E-state index is -0.467. The van der Waals surface area contributed by atoms with E-state index in [-0.39, 0.29) is 13.2 Å². The highest BCUT2D eigenvalue weighted by atomic mass is 32.1. The Bertz CT molecular complexity index is 1100. The number of hydrogen-bond donors (Lipinski definition) is 0. The molecule has 0 aliphatic heterocycles. The molecule has 0 N–H and O–H groups in total. The van der Waals surface area contributed by atoms with E-state index >= 15 is 0 Å². The van der Waals surface area contributed by atoms with Crippen LogP contribution in [0.15, 0.2) is 53.5 Å². The van der Waals surface area contributed by atoms with Gasteiger partial charge in [-0.15, -0.1) is 0 Å². The Kier molecular flexibility index (Phi) is 6.00. The van der Waals surface area contributed by atoms with Crippen LogP contribution >= 0.6 is 11.3 Å². The molecule has 0 saturated heterocycles. The fourth-order valence-electron chi connectivity index (χ4n) is 2.62. The minimum Gasteiger partial charge on any atom is -0.465 e. The van der Waals surface area contributed by atoms with Crippen LogP contribution < -0.4 is 4.80 Å². The first-order chi connectivity index (χ1) is 13.5. The number of ether oxygens (including phenoxy) is 2. The number of carbonyl (C=O) groups is 3. The molecule has 0 saturated carbocycles. The van der Waals surface area contributed by atoms with E-state index in [9.17, 15) is 14.4 Å². The number of amides is 1. The van der Waals surface area contributed by atoms with Gasteiger partial charge in [0.25, 0.3) is 5.91 Å². The van der Waals surface area contributed by atoms with Gasteiger partial charge < -0.3 is 14.0 Å². The highest BCUT2D eigenvalue weighted by Crippen LogP contribution is 2.20. The molecule has 0 fully saturated rings. The third-order valence-corrected chi connectivity index (χ3v) is 4.96. The molecular formula is C20H18N2O5S. The van der Waals surface area contributed by atoms with E-state index in [4.69, 9.17) is 9.47 Å². The number of nitrogens with zero attached hydrogens (tertiary/aromatic N) is 2.